The number of ether oxygens (including phenoxy) is 1. The van der Waals surface area contributed by atoms with Crippen LogP contribution in [0.3, 0.4) is 0 Å². The summed E-state index contributed by atoms with van der Waals surface area (Å²) in [6, 6.07) is 16.6. The molecular weight excluding hydrogens is 326 g/mol. The van der Waals surface area contributed by atoms with Crippen molar-refractivity contribution in [2.24, 2.45) is 5.73 Å². The number of halogens is 1. The van der Waals surface area contributed by atoms with E-state index in [1.54, 1.807) is 7.11 Å². The second-order valence-electron chi connectivity index (χ2n) is 5.25. The van der Waals surface area contributed by atoms with Gasteiger partial charge in [-0.05, 0) is 48.1 Å². The highest BCUT2D eigenvalue weighted by atomic mass is 79.9. The molecule has 0 aliphatic carbocycles. The molecule has 0 saturated heterocycles. The van der Waals surface area contributed by atoms with Crippen molar-refractivity contribution in [1.29, 1.82) is 0 Å². The van der Waals surface area contributed by atoms with Crippen molar-refractivity contribution >= 4 is 15.9 Å². The Bertz CT molecular complexity index is 571. The molecule has 0 amide bonds. The van der Waals surface area contributed by atoms with Crippen LogP contribution >= 0.6 is 15.9 Å². The molecule has 0 spiro atoms. The van der Waals surface area contributed by atoms with E-state index in [0.29, 0.717) is 5.92 Å². The predicted octanol–water partition coefficient (Wildman–Crippen LogP) is 4.52. The van der Waals surface area contributed by atoms with E-state index in [2.05, 4.69) is 53.2 Å². The van der Waals surface area contributed by atoms with Crippen molar-refractivity contribution in [3.63, 3.8) is 0 Å². The van der Waals surface area contributed by atoms with E-state index in [9.17, 15) is 0 Å². The van der Waals surface area contributed by atoms with Gasteiger partial charge in [0, 0.05) is 10.5 Å². The van der Waals surface area contributed by atoms with Gasteiger partial charge in [0.05, 0.1) is 7.11 Å². The van der Waals surface area contributed by atoms with Crippen LogP contribution in [-0.4, -0.2) is 13.2 Å². The highest BCUT2D eigenvalue weighted by molar-refractivity contribution is 9.10. The molecule has 0 aliphatic rings. The standard InChI is InChI=1S/C18H22BrNO/c1-3-16(13-7-5-4-6-8-13)18(20)12-14-11-15(21-2)9-10-17(14)19/h4-11,16,18H,3,12,20H2,1-2H3. The van der Waals surface area contributed by atoms with Gasteiger partial charge in [0.1, 0.15) is 5.75 Å². The van der Waals surface area contributed by atoms with Crippen LogP contribution in [0.15, 0.2) is 53.0 Å². The molecule has 0 heterocycles. The number of hydrogen-bond acceptors (Lipinski definition) is 2. The predicted molar refractivity (Wildman–Crippen MR) is 91.8 cm³/mol. The molecule has 2 aromatic rings. The quantitative estimate of drug-likeness (QED) is 0.833. The van der Waals surface area contributed by atoms with Gasteiger partial charge < -0.3 is 10.5 Å². The Morgan fingerprint density at radius 1 is 1.14 bits per heavy atom. The van der Waals surface area contributed by atoms with Crippen LogP contribution in [0.5, 0.6) is 5.75 Å². The maximum Gasteiger partial charge on any atom is 0.119 e. The topological polar surface area (TPSA) is 35.2 Å². The zero-order chi connectivity index (χ0) is 15.2. The molecule has 2 atom stereocenters. The summed E-state index contributed by atoms with van der Waals surface area (Å²) in [4.78, 5) is 0. The molecule has 0 saturated carbocycles. The molecule has 2 unspecified atom stereocenters. The maximum atomic E-state index is 6.49. The molecule has 0 aromatic heterocycles. The summed E-state index contributed by atoms with van der Waals surface area (Å²) in [6.45, 7) is 2.19. The Labute approximate surface area is 135 Å². The van der Waals surface area contributed by atoms with E-state index >= 15 is 0 Å². The minimum absolute atomic E-state index is 0.0841. The summed E-state index contributed by atoms with van der Waals surface area (Å²) >= 11 is 3.60. The number of benzene rings is 2. The molecule has 0 aliphatic heterocycles. The Balaban J connectivity index is 2.18. The highest BCUT2D eigenvalue weighted by Gasteiger charge is 2.19. The first kappa shape index (κ1) is 16.1. The Morgan fingerprint density at radius 2 is 1.86 bits per heavy atom. The molecule has 0 fully saturated rings. The third-order valence-corrected chi connectivity index (χ3v) is 4.67. The number of hydrogen-bond donors (Lipinski definition) is 1. The second kappa shape index (κ2) is 7.62. The Kier molecular flexibility index (Phi) is 5.83. The molecule has 2 aromatic carbocycles. The van der Waals surface area contributed by atoms with Crippen LogP contribution in [0.1, 0.15) is 30.4 Å². The second-order valence-corrected chi connectivity index (χ2v) is 6.11. The van der Waals surface area contributed by atoms with Crippen LogP contribution in [0.25, 0.3) is 0 Å². The third kappa shape index (κ3) is 4.08. The SMILES string of the molecule is CCC(c1ccccc1)C(N)Cc1cc(OC)ccc1Br. The van der Waals surface area contributed by atoms with Crippen LogP contribution in [-0.2, 0) is 6.42 Å². The summed E-state index contributed by atoms with van der Waals surface area (Å²) < 4.78 is 6.39. The average molecular weight is 348 g/mol. The highest BCUT2D eigenvalue weighted by Crippen LogP contribution is 2.28. The minimum Gasteiger partial charge on any atom is -0.497 e. The normalized spacial score (nSPS) is 13.7. The maximum absolute atomic E-state index is 6.49. The number of methoxy groups -OCH3 is 1. The molecule has 2 N–H and O–H groups in total. The van der Waals surface area contributed by atoms with Crippen LogP contribution in [0.2, 0.25) is 0 Å². The molecular formula is C18H22BrNO. The minimum atomic E-state index is 0.0841. The fourth-order valence-corrected chi connectivity index (χ4v) is 3.13. The molecule has 112 valence electrons. The number of nitrogens with two attached hydrogens (primary N) is 1. The van der Waals surface area contributed by atoms with Crippen LogP contribution in [0, 0.1) is 0 Å². The number of rotatable bonds is 6. The first-order valence-corrected chi connectivity index (χ1v) is 8.08. The third-order valence-electron chi connectivity index (χ3n) is 3.89. The van der Waals surface area contributed by atoms with E-state index in [0.717, 1.165) is 23.1 Å². The van der Waals surface area contributed by atoms with Gasteiger partial charge in [-0.3, -0.25) is 0 Å². The summed E-state index contributed by atoms with van der Waals surface area (Å²) in [5, 5.41) is 0. The Morgan fingerprint density at radius 3 is 2.48 bits per heavy atom. The lowest BCUT2D eigenvalue weighted by atomic mass is 9.86. The van der Waals surface area contributed by atoms with Gasteiger partial charge in [-0.25, -0.2) is 0 Å². The van der Waals surface area contributed by atoms with Gasteiger partial charge in [0.25, 0.3) is 0 Å². The van der Waals surface area contributed by atoms with E-state index in [-0.39, 0.29) is 6.04 Å². The molecule has 2 nitrogen and oxygen atoms in total. The van der Waals surface area contributed by atoms with E-state index in [1.807, 2.05) is 18.2 Å². The molecule has 21 heavy (non-hydrogen) atoms. The lowest BCUT2D eigenvalue weighted by Crippen LogP contribution is -2.30. The molecule has 0 radical (unpaired) electrons. The van der Waals surface area contributed by atoms with E-state index < -0.39 is 0 Å². The largest absolute Gasteiger partial charge is 0.497 e. The summed E-state index contributed by atoms with van der Waals surface area (Å²) in [7, 11) is 1.69. The zero-order valence-electron chi connectivity index (χ0n) is 12.6. The Hall–Kier alpha value is -1.32. The van der Waals surface area contributed by atoms with Crippen molar-refractivity contribution in [2.45, 2.75) is 31.7 Å². The van der Waals surface area contributed by atoms with Gasteiger partial charge in [0.2, 0.25) is 0 Å². The van der Waals surface area contributed by atoms with Gasteiger partial charge >= 0.3 is 0 Å². The summed E-state index contributed by atoms with van der Waals surface area (Å²) in [5.41, 5.74) is 8.99. The molecule has 0 bridgehead atoms. The van der Waals surface area contributed by atoms with Gasteiger partial charge in [-0.2, -0.15) is 0 Å². The first-order valence-electron chi connectivity index (χ1n) is 7.28. The van der Waals surface area contributed by atoms with Crippen molar-refractivity contribution < 1.29 is 4.74 Å². The van der Waals surface area contributed by atoms with Gasteiger partial charge in [0.15, 0.2) is 0 Å². The molecule has 2 rings (SSSR count). The smallest absolute Gasteiger partial charge is 0.119 e. The van der Waals surface area contributed by atoms with Crippen LogP contribution in [0.4, 0.5) is 0 Å². The molecule has 3 heteroatoms. The average Bonchev–Trinajstić information content (AvgIpc) is 2.51. The van der Waals surface area contributed by atoms with Crippen LogP contribution < -0.4 is 10.5 Å². The first-order chi connectivity index (χ1) is 10.2. The monoisotopic (exact) mass is 347 g/mol. The zero-order valence-corrected chi connectivity index (χ0v) is 14.1. The van der Waals surface area contributed by atoms with E-state index in [4.69, 9.17) is 10.5 Å². The van der Waals surface area contributed by atoms with Crippen molar-refractivity contribution in [3.8, 4) is 5.75 Å². The van der Waals surface area contributed by atoms with Gasteiger partial charge in [-0.15, -0.1) is 0 Å². The lowest BCUT2D eigenvalue weighted by molar-refractivity contribution is 0.413. The fraction of sp³-hybridized carbons (Fsp3) is 0.333. The van der Waals surface area contributed by atoms with Gasteiger partial charge in [-0.1, -0.05) is 53.2 Å². The lowest BCUT2D eigenvalue weighted by Gasteiger charge is -2.24. The van der Waals surface area contributed by atoms with Crippen molar-refractivity contribution in [1.82, 2.24) is 0 Å². The van der Waals surface area contributed by atoms with Crippen molar-refractivity contribution in [2.75, 3.05) is 7.11 Å². The summed E-state index contributed by atoms with van der Waals surface area (Å²) in [6.07, 6.45) is 1.86. The van der Waals surface area contributed by atoms with Crippen molar-refractivity contribution in [3.05, 3.63) is 64.1 Å². The summed E-state index contributed by atoms with van der Waals surface area (Å²) in [5.74, 6) is 1.23. The fourth-order valence-electron chi connectivity index (χ4n) is 2.72. The van der Waals surface area contributed by atoms with E-state index in [1.165, 1.54) is 11.1 Å².